The number of anilines is 1. The topological polar surface area (TPSA) is 26.0 Å². The van der Waals surface area contributed by atoms with Crippen molar-refractivity contribution in [1.29, 1.82) is 0 Å². The quantitative estimate of drug-likeness (QED) is 0.627. The molecule has 12 heavy (non-hydrogen) atoms. The first-order chi connectivity index (χ1) is 5.68. The molecule has 0 fully saturated rings. The summed E-state index contributed by atoms with van der Waals surface area (Å²) in [4.78, 5) is 0. The standard InChI is InChI=1S/C8H5F2NS/c9-4-1-6(11)8-5(10)3-12-7(8)2-4/h1-3H,11H2. The molecule has 2 rings (SSSR count). The van der Waals surface area contributed by atoms with Crippen LogP contribution in [0.3, 0.4) is 0 Å². The van der Waals surface area contributed by atoms with E-state index in [2.05, 4.69) is 0 Å². The Hall–Kier alpha value is -1.16. The van der Waals surface area contributed by atoms with E-state index in [-0.39, 0.29) is 11.5 Å². The van der Waals surface area contributed by atoms with E-state index in [1.165, 1.54) is 11.4 Å². The zero-order valence-corrected chi connectivity index (χ0v) is 6.79. The molecule has 0 aliphatic carbocycles. The molecule has 0 aliphatic heterocycles. The van der Waals surface area contributed by atoms with Gasteiger partial charge in [0.2, 0.25) is 0 Å². The molecule has 0 amide bonds. The SMILES string of the molecule is Nc1cc(F)cc2scc(F)c12. The molecule has 1 aromatic carbocycles. The van der Waals surface area contributed by atoms with E-state index in [9.17, 15) is 8.78 Å². The lowest BCUT2D eigenvalue weighted by atomic mass is 10.2. The third-order valence-electron chi connectivity index (χ3n) is 1.63. The van der Waals surface area contributed by atoms with Crippen LogP contribution in [0.5, 0.6) is 0 Å². The molecule has 0 aliphatic rings. The number of thiophene rings is 1. The molecule has 0 saturated carbocycles. The molecule has 0 unspecified atom stereocenters. The lowest BCUT2D eigenvalue weighted by Gasteiger charge is -1.95. The van der Waals surface area contributed by atoms with Crippen LogP contribution in [0.25, 0.3) is 10.1 Å². The second-order valence-electron chi connectivity index (χ2n) is 2.45. The van der Waals surface area contributed by atoms with Gasteiger partial charge >= 0.3 is 0 Å². The average molecular weight is 185 g/mol. The average Bonchev–Trinajstić information content (AvgIpc) is 2.31. The zero-order chi connectivity index (χ0) is 8.72. The Morgan fingerprint density at radius 2 is 2.00 bits per heavy atom. The van der Waals surface area contributed by atoms with Crippen LogP contribution >= 0.6 is 11.3 Å². The van der Waals surface area contributed by atoms with E-state index >= 15 is 0 Å². The fourth-order valence-corrected chi connectivity index (χ4v) is 1.99. The van der Waals surface area contributed by atoms with Gasteiger partial charge in [0.1, 0.15) is 11.6 Å². The molecule has 0 saturated heterocycles. The molecule has 2 N–H and O–H groups in total. The van der Waals surface area contributed by atoms with Crippen molar-refractivity contribution in [2.24, 2.45) is 0 Å². The summed E-state index contributed by atoms with van der Waals surface area (Å²) in [6.07, 6.45) is 0. The van der Waals surface area contributed by atoms with Crippen molar-refractivity contribution in [3.63, 3.8) is 0 Å². The van der Waals surface area contributed by atoms with Gasteiger partial charge in [0.05, 0.1) is 5.39 Å². The van der Waals surface area contributed by atoms with Gasteiger partial charge in [-0.1, -0.05) is 0 Å². The first-order valence-corrected chi connectivity index (χ1v) is 4.18. The molecular formula is C8H5F2NS. The minimum Gasteiger partial charge on any atom is -0.398 e. The monoisotopic (exact) mass is 185 g/mol. The van der Waals surface area contributed by atoms with E-state index in [1.54, 1.807) is 0 Å². The fraction of sp³-hybridized carbons (Fsp3) is 0. The van der Waals surface area contributed by atoms with Crippen molar-refractivity contribution in [2.45, 2.75) is 0 Å². The number of nitrogens with two attached hydrogens (primary N) is 1. The number of nitrogen functional groups attached to an aromatic ring is 1. The molecule has 0 atom stereocenters. The number of fused-ring (bicyclic) bond motifs is 1. The Labute approximate surface area is 71.4 Å². The van der Waals surface area contributed by atoms with Gasteiger partial charge in [-0.2, -0.15) is 0 Å². The van der Waals surface area contributed by atoms with E-state index in [4.69, 9.17) is 5.73 Å². The highest BCUT2D eigenvalue weighted by atomic mass is 32.1. The predicted octanol–water partition coefficient (Wildman–Crippen LogP) is 2.76. The first-order valence-electron chi connectivity index (χ1n) is 3.30. The molecule has 2 aromatic rings. The molecule has 1 nitrogen and oxygen atoms in total. The highest BCUT2D eigenvalue weighted by Gasteiger charge is 2.08. The van der Waals surface area contributed by atoms with Crippen molar-refractivity contribution >= 4 is 27.1 Å². The largest absolute Gasteiger partial charge is 0.398 e. The van der Waals surface area contributed by atoms with Gasteiger partial charge in [-0.25, -0.2) is 8.78 Å². The molecule has 0 radical (unpaired) electrons. The minimum atomic E-state index is -0.429. The summed E-state index contributed by atoms with van der Waals surface area (Å²) >= 11 is 1.15. The Morgan fingerprint density at radius 3 is 2.75 bits per heavy atom. The molecule has 0 spiro atoms. The van der Waals surface area contributed by atoms with Crippen LogP contribution in [0.4, 0.5) is 14.5 Å². The Bertz CT molecular complexity index is 436. The van der Waals surface area contributed by atoms with Gasteiger partial charge in [-0.15, -0.1) is 11.3 Å². The predicted molar refractivity (Wildman–Crippen MR) is 46.2 cm³/mol. The van der Waals surface area contributed by atoms with Gasteiger partial charge < -0.3 is 5.73 Å². The van der Waals surface area contributed by atoms with Crippen molar-refractivity contribution < 1.29 is 8.78 Å². The molecular weight excluding hydrogens is 180 g/mol. The maximum absolute atomic E-state index is 12.9. The van der Waals surface area contributed by atoms with Crippen LogP contribution in [-0.2, 0) is 0 Å². The molecule has 1 heterocycles. The van der Waals surface area contributed by atoms with Crippen LogP contribution in [-0.4, -0.2) is 0 Å². The van der Waals surface area contributed by atoms with E-state index in [1.807, 2.05) is 0 Å². The molecule has 0 bridgehead atoms. The summed E-state index contributed by atoms with van der Waals surface area (Å²) in [5, 5.41) is 1.64. The van der Waals surface area contributed by atoms with Gasteiger partial charge in [0, 0.05) is 15.8 Å². The Kier molecular flexibility index (Phi) is 1.51. The normalized spacial score (nSPS) is 10.8. The van der Waals surface area contributed by atoms with E-state index < -0.39 is 5.82 Å². The van der Waals surface area contributed by atoms with Crippen LogP contribution in [0, 0.1) is 11.6 Å². The van der Waals surface area contributed by atoms with Gasteiger partial charge in [0.15, 0.2) is 0 Å². The van der Waals surface area contributed by atoms with Crippen LogP contribution < -0.4 is 5.73 Å². The van der Waals surface area contributed by atoms with E-state index in [0.29, 0.717) is 10.1 Å². The van der Waals surface area contributed by atoms with Crippen molar-refractivity contribution in [1.82, 2.24) is 0 Å². The number of benzene rings is 1. The summed E-state index contributed by atoms with van der Waals surface area (Å²) in [7, 11) is 0. The summed E-state index contributed by atoms with van der Waals surface area (Å²) in [6, 6.07) is 2.40. The first kappa shape index (κ1) is 7.49. The number of hydrogen-bond acceptors (Lipinski definition) is 2. The van der Waals surface area contributed by atoms with Crippen LogP contribution in [0.1, 0.15) is 0 Å². The minimum absolute atomic E-state index is 0.156. The highest BCUT2D eigenvalue weighted by molar-refractivity contribution is 7.17. The second-order valence-corrected chi connectivity index (χ2v) is 3.36. The Morgan fingerprint density at radius 1 is 1.25 bits per heavy atom. The highest BCUT2D eigenvalue weighted by Crippen LogP contribution is 2.30. The van der Waals surface area contributed by atoms with Gasteiger partial charge in [-0.3, -0.25) is 0 Å². The van der Waals surface area contributed by atoms with Gasteiger partial charge in [-0.05, 0) is 12.1 Å². The summed E-state index contributed by atoms with van der Waals surface area (Å²) in [5.41, 5.74) is 5.59. The number of rotatable bonds is 0. The summed E-state index contributed by atoms with van der Waals surface area (Å²) < 4.78 is 26.2. The third kappa shape index (κ3) is 0.956. The maximum Gasteiger partial charge on any atom is 0.143 e. The molecule has 62 valence electrons. The number of hydrogen-bond donors (Lipinski definition) is 1. The Balaban J connectivity index is 2.93. The van der Waals surface area contributed by atoms with Gasteiger partial charge in [0.25, 0.3) is 0 Å². The number of halogens is 2. The van der Waals surface area contributed by atoms with Crippen LogP contribution in [0.15, 0.2) is 17.5 Å². The lowest BCUT2D eigenvalue weighted by molar-refractivity contribution is 0.629. The lowest BCUT2D eigenvalue weighted by Crippen LogP contribution is -1.87. The summed E-state index contributed by atoms with van der Waals surface area (Å²) in [6.45, 7) is 0. The summed E-state index contributed by atoms with van der Waals surface area (Å²) in [5.74, 6) is -0.811. The van der Waals surface area contributed by atoms with Crippen molar-refractivity contribution in [2.75, 3.05) is 5.73 Å². The van der Waals surface area contributed by atoms with Crippen molar-refractivity contribution in [3.05, 3.63) is 29.1 Å². The molecule has 1 aromatic heterocycles. The van der Waals surface area contributed by atoms with E-state index in [0.717, 1.165) is 17.4 Å². The van der Waals surface area contributed by atoms with Crippen LogP contribution in [0.2, 0.25) is 0 Å². The molecule has 4 heteroatoms. The maximum atomic E-state index is 12.9. The van der Waals surface area contributed by atoms with Crippen molar-refractivity contribution in [3.8, 4) is 0 Å². The smallest absolute Gasteiger partial charge is 0.143 e. The second kappa shape index (κ2) is 2.42. The third-order valence-corrected chi connectivity index (χ3v) is 2.53. The fourth-order valence-electron chi connectivity index (χ4n) is 1.12. The zero-order valence-electron chi connectivity index (χ0n) is 5.97.